The predicted molar refractivity (Wildman–Crippen MR) is 93.3 cm³/mol. The van der Waals surface area contributed by atoms with Crippen molar-refractivity contribution in [2.24, 2.45) is 0 Å². The second-order valence-electron chi connectivity index (χ2n) is 6.30. The molecule has 0 radical (unpaired) electrons. The number of para-hydroxylation sites is 1. The molecule has 0 spiro atoms. The average molecular weight is 323 g/mol. The van der Waals surface area contributed by atoms with Gasteiger partial charge in [-0.1, -0.05) is 55.5 Å². The number of amides is 1. The van der Waals surface area contributed by atoms with E-state index in [1.807, 2.05) is 36.4 Å². The normalized spacial score (nSPS) is 17.4. The molecule has 4 heteroatoms. The minimum atomic E-state index is -0.879. The second kappa shape index (κ2) is 6.87. The zero-order chi connectivity index (χ0) is 17.1. The molecule has 1 N–H and O–H groups in total. The highest BCUT2D eigenvalue weighted by atomic mass is 16.4. The van der Waals surface area contributed by atoms with Gasteiger partial charge >= 0.3 is 5.97 Å². The van der Waals surface area contributed by atoms with Gasteiger partial charge in [-0.25, -0.2) is 0 Å². The SMILES string of the molecule is CC(CCC(=O)N1CC(C(=O)O)c2ccccc21)c1ccccc1. The van der Waals surface area contributed by atoms with Gasteiger partial charge in [0, 0.05) is 18.7 Å². The van der Waals surface area contributed by atoms with Crippen molar-refractivity contribution in [3.05, 3.63) is 65.7 Å². The lowest BCUT2D eigenvalue weighted by atomic mass is 9.96. The van der Waals surface area contributed by atoms with Crippen LogP contribution in [-0.2, 0) is 9.59 Å². The maximum atomic E-state index is 12.6. The Hall–Kier alpha value is -2.62. The quantitative estimate of drug-likeness (QED) is 0.911. The number of carbonyl (C=O) groups excluding carboxylic acids is 1. The largest absolute Gasteiger partial charge is 0.481 e. The standard InChI is InChI=1S/C20H21NO3/c1-14(15-7-3-2-4-8-15)11-12-19(22)21-13-17(20(23)24)16-9-5-6-10-18(16)21/h2-10,14,17H,11-13H2,1H3,(H,23,24). The zero-order valence-corrected chi connectivity index (χ0v) is 13.7. The highest BCUT2D eigenvalue weighted by molar-refractivity contribution is 5.98. The summed E-state index contributed by atoms with van der Waals surface area (Å²) < 4.78 is 0. The van der Waals surface area contributed by atoms with Gasteiger partial charge in [0.1, 0.15) is 5.92 Å². The highest BCUT2D eigenvalue weighted by Crippen LogP contribution is 2.37. The van der Waals surface area contributed by atoms with Gasteiger partial charge in [0.2, 0.25) is 5.91 Å². The smallest absolute Gasteiger partial charge is 0.312 e. The molecule has 0 bridgehead atoms. The highest BCUT2D eigenvalue weighted by Gasteiger charge is 2.36. The predicted octanol–water partition coefficient (Wildman–Crippen LogP) is 3.79. The van der Waals surface area contributed by atoms with Crippen LogP contribution in [0.1, 0.15) is 42.7 Å². The van der Waals surface area contributed by atoms with Crippen molar-refractivity contribution in [1.82, 2.24) is 0 Å². The number of carboxylic acid groups (broad SMARTS) is 1. The fourth-order valence-electron chi connectivity index (χ4n) is 3.28. The molecular formula is C20H21NO3. The number of rotatable bonds is 5. The van der Waals surface area contributed by atoms with Crippen LogP contribution in [0.5, 0.6) is 0 Å². The van der Waals surface area contributed by atoms with E-state index in [1.54, 1.807) is 11.0 Å². The van der Waals surface area contributed by atoms with Gasteiger partial charge in [-0.2, -0.15) is 0 Å². The second-order valence-corrected chi connectivity index (χ2v) is 6.30. The number of aliphatic carboxylic acids is 1. The third kappa shape index (κ3) is 3.18. The minimum absolute atomic E-state index is 0.00557. The summed E-state index contributed by atoms with van der Waals surface area (Å²) in [6, 6.07) is 17.4. The van der Waals surface area contributed by atoms with Gasteiger partial charge in [-0.3, -0.25) is 9.59 Å². The molecule has 2 atom stereocenters. The van der Waals surface area contributed by atoms with Crippen LogP contribution in [0.2, 0.25) is 0 Å². The van der Waals surface area contributed by atoms with Crippen molar-refractivity contribution in [2.45, 2.75) is 31.6 Å². The zero-order valence-electron chi connectivity index (χ0n) is 13.7. The number of carbonyl (C=O) groups is 2. The summed E-state index contributed by atoms with van der Waals surface area (Å²) in [7, 11) is 0. The number of benzene rings is 2. The maximum Gasteiger partial charge on any atom is 0.312 e. The Balaban J connectivity index is 1.69. The molecule has 0 saturated carbocycles. The molecule has 2 unspecified atom stereocenters. The van der Waals surface area contributed by atoms with E-state index < -0.39 is 11.9 Å². The summed E-state index contributed by atoms with van der Waals surface area (Å²) in [4.78, 5) is 25.7. The van der Waals surface area contributed by atoms with Crippen LogP contribution < -0.4 is 4.90 Å². The molecule has 2 aromatic carbocycles. The van der Waals surface area contributed by atoms with Gasteiger partial charge in [0.15, 0.2) is 0 Å². The molecule has 0 fully saturated rings. The Morgan fingerprint density at radius 1 is 1.12 bits per heavy atom. The Bertz CT molecular complexity index is 742. The number of fused-ring (bicyclic) bond motifs is 1. The van der Waals surface area contributed by atoms with Crippen LogP contribution in [0.15, 0.2) is 54.6 Å². The number of anilines is 1. The minimum Gasteiger partial charge on any atom is -0.481 e. The maximum absolute atomic E-state index is 12.6. The fraction of sp³-hybridized carbons (Fsp3) is 0.300. The third-order valence-corrected chi connectivity index (χ3v) is 4.73. The van der Waals surface area contributed by atoms with Crippen molar-refractivity contribution < 1.29 is 14.7 Å². The molecule has 1 heterocycles. The monoisotopic (exact) mass is 323 g/mol. The number of carboxylic acids is 1. The molecule has 2 aromatic rings. The van der Waals surface area contributed by atoms with Crippen LogP contribution in [-0.4, -0.2) is 23.5 Å². The first kappa shape index (κ1) is 16.2. The van der Waals surface area contributed by atoms with E-state index in [-0.39, 0.29) is 12.5 Å². The Morgan fingerprint density at radius 2 is 1.79 bits per heavy atom. The first-order chi connectivity index (χ1) is 11.6. The lowest BCUT2D eigenvalue weighted by molar-refractivity contribution is -0.138. The molecule has 0 saturated heterocycles. The van der Waals surface area contributed by atoms with Gasteiger partial charge in [0.05, 0.1) is 0 Å². The van der Waals surface area contributed by atoms with Crippen LogP contribution >= 0.6 is 0 Å². The van der Waals surface area contributed by atoms with Crippen LogP contribution in [0, 0.1) is 0 Å². The van der Waals surface area contributed by atoms with Gasteiger partial charge in [0.25, 0.3) is 0 Å². The van der Waals surface area contributed by atoms with Crippen LogP contribution in [0.3, 0.4) is 0 Å². The molecular weight excluding hydrogens is 302 g/mol. The van der Waals surface area contributed by atoms with Gasteiger partial charge in [-0.05, 0) is 29.5 Å². The van der Waals surface area contributed by atoms with E-state index in [0.717, 1.165) is 17.7 Å². The van der Waals surface area contributed by atoms with Gasteiger partial charge < -0.3 is 10.0 Å². The third-order valence-electron chi connectivity index (χ3n) is 4.73. The number of nitrogens with zero attached hydrogens (tertiary/aromatic N) is 1. The molecule has 4 nitrogen and oxygen atoms in total. The Morgan fingerprint density at radius 3 is 2.50 bits per heavy atom. The molecule has 1 aliphatic rings. The van der Waals surface area contributed by atoms with Crippen molar-refractivity contribution >= 4 is 17.6 Å². The van der Waals surface area contributed by atoms with E-state index in [0.29, 0.717) is 12.3 Å². The molecule has 24 heavy (non-hydrogen) atoms. The summed E-state index contributed by atoms with van der Waals surface area (Å²) in [6.45, 7) is 2.34. The molecule has 1 aliphatic heterocycles. The number of hydrogen-bond acceptors (Lipinski definition) is 2. The first-order valence-corrected chi connectivity index (χ1v) is 8.25. The van der Waals surface area contributed by atoms with Crippen molar-refractivity contribution in [1.29, 1.82) is 0 Å². The summed E-state index contributed by atoms with van der Waals surface area (Å²) in [5.41, 5.74) is 2.69. The van der Waals surface area contributed by atoms with E-state index in [4.69, 9.17) is 0 Å². The molecule has 0 aromatic heterocycles. The summed E-state index contributed by atoms with van der Waals surface area (Å²) in [6.07, 6.45) is 1.16. The number of hydrogen-bond donors (Lipinski definition) is 1. The van der Waals surface area contributed by atoms with Crippen LogP contribution in [0.4, 0.5) is 5.69 Å². The molecule has 124 valence electrons. The molecule has 1 amide bonds. The first-order valence-electron chi connectivity index (χ1n) is 8.25. The molecule has 3 rings (SSSR count). The van der Waals surface area contributed by atoms with E-state index >= 15 is 0 Å². The lowest BCUT2D eigenvalue weighted by Crippen LogP contribution is -2.31. The Kier molecular flexibility index (Phi) is 4.65. The summed E-state index contributed by atoms with van der Waals surface area (Å²) in [5, 5.41) is 9.39. The fourth-order valence-corrected chi connectivity index (χ4v) is 3.28. The van der Waals surface area contributed by atoms with Crippen molar-refractivity contribution in [3.63, 3.8) is 0 Å². The van der Waals surface area contributed by atoms with Crippen LogP contribution in [0.25, 0.3) is 0 Å². The average Bonchev–Trinajstić information content (AvgIpc) is 3.00. The molecule has 0 aliphatic carbocycles. The Labute approximate surface area is 141 Å². The van der Waals surface area contributed by atoms with Crippen molar-refractivity contribution in [3.8, 4) is 0 Å². The van der Waals surface area contributed by atoms with E-state index in [2.05, 4.69) is 19.1 Å². The van der Waals surface area contributed by atoms with Crippen molar-refractivity contribution in [2.75, 3.05) is 11.4 Å². The van der Waals surface area contributed by atoms with E-state index in [9.17, 15) is 14.7 Å². The van der Waals surface area contributed by atoms with E-state index in [1.165, 1.54) is 5.56 Å². The summed E-state index contributed by atoms with van der Waals surface area (Å²) in [5.74, 6) is -1.22. The lowest BCUT2D eigenvalue weighted by Gasteiger charge is -2.19. The topological polar surface area (TPSA) is 57.6 Å². The van der Waals surface area contributed by atoms with Gasteiger partial charge in [-0.15, -0.1) is 0 Å². The summed E-state index contributed by atoms with van der Waals surface area (Å²) >= 11 is 0.